The summed E-state index contributed by atoms with van der Waals surface area (Å²) in [7, 11) is 1.78. The molecule has 0 saturated carbocycles. The minimum Gasteiger partial charge on any atom is -0.381 e. The van der Waals surface area contributed by atoms with Gasteiger partial charge in [-0.1, -0.05) is 36.8 Å². The second-order valence-corrected chi connectivity index (χ2v) is 6.73. The molecule has 1 aromatic rings. The van der Waals surface area contributed by atoms with Crippen molar-refractivity contribution in [3.8, 4) is 0 Å². The summed E-state index contributed by atoms with van der Waals surface area (Å²) in [5.74, 6) is 0.309. The molecule has 5 heteroatoms. The van der Waals surface area contributed by atoms with E-state index in [0.717, 1.165) is 32.5 Å². The molecule has 5 nitrogen and oxygen atoms in total. The first-order valence-electron chi connectivity index (χ1n) is 8.92. The Morgan fingerprint density at radius 1 is 1.33 bits per heavy atom. The molecule has 1 atom stereocenters. The van der Waals surface area contributed by atoms with Gasteiger partial charge in [0.05, 0.1) is 6.10 Å². The number of nitrogens with one attached hydrogen (secondary N) is 2. The molecule has 1 aromatic carbocycles. The van der Waals surface area contributed by atoms with Crippen LogP contribution in [-0.2, 0) is 4.74 Å². The molecule has 1 aliphatic heterocycles. The molecule has 0 bridgehead atoms. The number of piperidine rings is 1. The Hall–Kier alpha value is -1.59. The fourth-order valence-electron chi connectivity index (χ4n) is 3.10. The number of likely N-dealkylation sites (tertiary alicyclic amines) is 1. The second-order valence-electron chi connectivity index (χ2n) is 6.73. The van der Waals surface area contributed by atoms with Crippen LogP contribution in [0.25, 0.3) is 0 Å². The number of aryl methyl sites for hydroxylation is 1. The number of methoxy groups -OCH3 is 1. The van der Waals surface area contributed by atoms with E-state index in [9.17, 15) is 4.79 Å². The molecule has 2 rings (SSSR count). The lowest BCUT2D eigenvalue weighted by atomic mass is 9.99. The number of benzene rings is 1. The summed E-state index contributed by atoms with van der Waals surface area (Å²) in [6, 6.07) is 8.36. The van der Waals surface area contributed by atoms with E-state index < -0.39 is 0 Å². The summed E-state index contributed by atoms with van der Waals surface area (Å²) >= 11 is 0. The van der Waals surface area contributed by atoms with Gasteiger partial charge in [-0.25, -0.2) is 4.79 Å². The molecule has 1 saturated heterocycles. The lowest BCUT2D eigenvalue weighted by Gasteiger charge is -2.31. The maximum atomic E-state index is 11.9. The third-order valence-electron chi connectivity index (χ3n) is 4.76. The predicted octanol–water partition coefficient (Wildman–Crippen LogP) is 2.51. The zero-order valence-electron chi connectivity index (χ0n) is 15.2. The quantitative estimate of drug-likeness (QED) is 0.806. The summed E-state index contributed by atoms with van der Waals surface area (Å²) in [5.41, 5.74) is 2.51. The van der Waals surface area contributed by atoms with E-state index in [1.807, 2.05) is 0 Å². The van der Waals surface area contributed by atoms with Crippen LogP contribution in [0.1, 0.15) is 36.8 Å². The van der Waals surface area contributed by atoms with Crippen molar-refractivity contribution in [2.75, 3.05) is 39.8 Å². The van der Waals surface area contributed by atoms with E-state index in [0.29, 0.717) is 25.1 Å². The fourth-order valence-corrected chi connectivity index (χ4v) is 3.10. The van der Waals surface area contributed by atoms with Gasteiger partial charge in [0.25, 0.3) is 0 Å². The number of nitrogens with zero attached hydrogens (tertiary/aromatic N) is 1. The van der Waals surface area contributed by atoms with Crippen molar-refractivity contribution < 1.29 is 9.53 Å². The van der Waals surface area contributed by atoms with Gasteiger partial charge in [0.15, 0.2) is 0 Å². The highest BCUT2D eigenvalue weighted by atomic mass is 16.5. The maximum Gasteiger partial charge on any atom is 0.314 e. The summed E-state index contributed by atoms with van der Waals surface area (Å²) in [4.78, 5) is 14.3. The maximum absolute atomic E-state index is 11.9. The van der Waals surface area contributed by atoms with Gasteiger partial charge in [0, 0.05) is 39.8 Å². The van der Waals surface area contributed by atoms with Crippen LogP contribution >= 0.6 is 0 Å². The molecule has 0 aliphatic carbocycles. The van der Waals surface area contributed by atoms with Crippen molar-refractivity contribution in [3.05, 3.63) is 35.4 Å². The largest absolute Gasteiger partial charge is 0.381 e. The molecule has 0 unspecified atom stereocenters. The van der Waals surface area contributed by atoms with Gasteiger partial charge in [0.2, 0.25) is 0 Å². The van der Waals surface area contributed by atoms with Crippen molar-refractivity contribution in [2.24, 2.45) is 0 Å². The number of carbonyl (C=O) groups is 1. The molecule has 1 fully saturated rings. The van der Waals surface area contributed by atoms with Crippen molar-refractivity contribution in [1.82, 2.24) is 15.5 Å². The normalized spacial score (nSPS) is 17.5. The monoisotopic (exact) mass is 333 g/mol. The van der Waals surface area contributed by atoms with Crippen molar-refractivity contribution in [2.45, 2.75) is 38.7 Å². The third kappa shape index (κ3) is 6.13. The van der Waals surface area contributed by atoms with Gasteiger partial charge in [-0.3, -0.25) is 0 Å². The molecule has 2 amide bonds. The third-order valence-corrected chi connectivity index (χ3v) is 4.76. The second kappa shape index (κ2) is 9.64. The van der Waals surface area contributed by atoms with Crippen molar-refractivity contribution in [1.29, 1.82) is 0 Å². The van der Waals surface area contributed by atoms with Gasteiger partial charge in [0.1, 0.15) is 0 Å². The Balaban J connectivity index is 1.60. The Morgan fingerprint density at radius 2 is 2.08 bits per heavy atom. The Labute approximate surface area is 145 Å². The minimum atomic E-state index is -0.0821. The number of hydrogen-bond acceptors (Lipinski definition) is 3. The smallest absolute Gasteiger partial charge is 0.314 e. The fraction of sp³-hybridized carbons (Fsp3) is 0.632. The van der Waals surface area contributed by atoms with Crippen molar-refractivity contribution in [3.63, 3.8) is 0 Å². The van der Waals surface area contributed by atoms with Crippen LogP contribution in [-0.4, -0.2) is 56.9 Å². The van der Waals surface area contributed by atoms with Crippen LogP contribution < -0.4 is 10.6 Å². The van der Waals surface area contributed by atoms with Gasteiger partial charge in [-0.2, -0.15) is 0 Å². The topological polar surface area (TPSA) is 53.6 Å². The Bertz CT molecular complexity index is 513. The molecule has 1 heterocycles. The summed E-state index contributed by atoms with van der Waals surface area (Å²) in [6.45, 7) is 8.55. The lowest BCUT2D eigenvalue weighted by Crippen LogP contribution is -2.44. The van der Waals surface area contributed by atoms with Crippen molar-refractivity contribution >= 4 is 6.03 Å². The Kier molecular flexibility index (Phi) is 7.53. The molecule has 0 spiro atoms. The van der Waals surface area contributed by atoms with Crippen LogP contribution in [0.15, 0.2) is 24.3 Å². The SMILES string of the molecule is COC1CCN(CCNC(=O)NC[C@@H](C)c2cccc(C)c2)CC1. The van der Waals surface area contributed by atoms with Crippen LogP contribution in [0.5, 0.6) is 0 Å². The number of amides is 2. The first-order chi connectivity index (χ1) is 11.6. The molecule has 24 heavy (non-hydrogen) atoms. The first-order valence-corrected chi connectivity index (χ1v) is 8.92. The van der Waals surface area contributed by atoms with E-state index in [-0.39, 0.29) is 6.03 Å². The number of carbonyl (C=O) groups excluding carboxylic acids is 1. The Morgan fingerprint density at radius 3 is 2.75 bits per heavy atom. The lowest BCUT2D eigenvalue weighted by molar-refractivity contribution is 0.0416. The zero-order valence-corrected chi connectivity index (χ0v) is 15.2. The average Bonchev–Trinajstić information content (AvgIpc) is 2.60. The van der Waals surface area contributed by atoms with E-state index in [1.165, 1.54) is 11.1 Å². The first kappa shape index (κ1) is 18.7. The van der Waals surface area contributed by atoms with Gasteiger partial charge < -0.3 is 20.3 Å². The van der Waals surface area contributed by atoms with Gasteiger partial charge in [-0.15, -0.1) is 0 Å². The molecule has 2 N–H and O–H groups in total. The van der Waals surface area contributed by atoms with Crippen LogP contribution in [0.3, 0.4) is 0 Å². The van der Waals surface area contributed by atoms with E-state index in [1.54, 1.807) is 7.11 Å². The highest BCUT2D eigenvalue weighted by molar-refractivity contribution is 5.73. The molecular weight excluding hydrogens is 302 g/mol. The highest BCUT2D eigenvalue weighted by Gasteiger charge is 2.18. The predicted molar refractivity (Wildman–Crippen MR) is 97.5 cm³/mol. The van der Waals surface area contributed by atoms with Gasteiger partial charge in [-0.05, 0) is 31.2 Å². The molecule has 1 aliphatic rings. The van der Waals surface area contributed by atoms with Crippen LogP contribution in [0.4, 0.5) is 4.79 Å². The summed E-state index contributed by atoms with van der Waals surface area (Å²) in [6.07, 6.45) is 2.56. The van der Waals surface area contributed by atoms with E-state index in [2.05, 4.69) is 53.6 Å². The standard InChI is InChI=1S/C19H31N3O2/c1-15-5-4-6-17(13-15)16(2)14-21-19(23)20-9-12-22-10-7-18(24-3)8-11-22/h4-6,13,16,18H,7-12,14H2,1-3H3,(H2,20,21,23)/t16-/m1/s1. The number of urea groups is 1. The highest BCUT2D eigenvalue weighted by Crippen LogP contribution is 2.15. The summed E-state index contributed by atoms with van der Waals surface area (Å²) in [5, 5.41) is 5.92. The molecule has 0 aromatic heterocycles. The molecular formula is C19H31N3O2. The van der Waals surface area contributed by atoms with Gasteiger partial charge >= 0.3 is 6.03 Å². The number of hydrogen-bond donors (Lipinski definition) is 2. The minimum absolute atomic E-state index is 0.0821. The van der Waals surface area contributed by atoms with Crippen LogP contribution in [0.2, 0.25) is 0 Å². The van der Waals surface area contributed by atoms with E-state index >= 15 is 0 Å². The average molecular weight is 333 g/mol. The van der Waals surface area contributed by atoms with E-state index in [4.69, 9.17) is 4.74 Å². The van der Waals surface area contributed by atoms with Crippen LogP contribution in [0, 0.1) is 6.92 Å². The zero-order chi connectivity index (χ0) is 17.4. The molecule has 134 valence electrons. The number of ether oxygens (including phenoxy) is 1. The molecule has 0 radical (unpaired) electrons. The number of rotatable bonds is 7. The summed E-state index contributed by atoms with van der Waals surface area (Å²) < 4.78 is 5.37.